The number of nitrogens with one attached hydrogen (secondary N) is 2. The minimum absolute atomic E-state index is 0.0823. The second-order valence-corrected chi connectivity index (χ2v) is 10.3. The van der Waals surface area contributed by atoms with E-state index < -0.39 is 39.3 Å². The van der Waals surface area contributed by atoms with Gasteiger partial charge in [0.25, 0.3) is 0 Å². The summed E-state index contributed by atoms with van der Waals surface area (Å²) in [5.74, 6) is -1.27. The van der Waals surface area contributed by atoms with Crippen molar-refractivity contribution in [1.29, 1.82) is 0 Å². The number of aliphatic hydroxyl groups excluding tert-OH is 3. The fourth-order valence-corrected chi connectivity index (χ4v) is 4.12. The van der Waals surface area contributed by atoms with Crippen LogP contribution in [0.5, 0.6) is 0 Å². The van der Waals surface area contributed by atoms with E-state index in [0.29, 0.717) is 5.56 Å². The summed E-state index contributed by atoms with van der Waals surface area (Å²) in [6, 6.07) is 14.2. The molecule has 0 bridgehead atoms. The van der Waals surface area contributed by atoms with Crippen molar-refractivity contribution in [2.45, 2.75) is 48.9 Å². The number of carbonyl (C=O) groups excluding carboxylic acids is 2. The molecule has 2 aromatic rings. The number of hydrogen-bond donors (Lipinski definition) is 5. The van der Waals surface area contributed by atoms with Crippen molar-refractivity contribution in [3.63, 3.8) is 0 Å². The van der Waals surface area contributed by atoms with Gasteiger partial charge in [-0.1, -0.05) is 44.2 Å². The second kappa shape index (κ2) is 11.5. The van der Waals surface area contributed by atoms with Crippen LogP contribution in [0.2, 0.25) is 0 Å². The van der Waals surface area contributed by atoms with Crippen molar-refractivity contribution >= 4 is 21.5 Å². The maximum Gasteiger partial charge on any atom is 0.249 e. The summed E-state index contributed by atoms with van der Waals surface area (Å²) in [5.41, 5.74) is -0.359. The Morgan fingerprint density at radius 1 is 0.970 bits per heavy atom. The predicted molar refractivity (Wildman–Crippen MR) is 121 cm³/mol. The van der Waals surface area contributed by atoms with E-state index in [4.69, 9.17) is 0 Å². The van der Waals surface area contributed by atoms with Gasteiger partial charge in [-0.25, -0.2) is 8.42 Å². The number of benzene rings is 2. The molecule has 0 aliphatic carbocycles. The Bertz CT molecular complexity index is 1040. The molecule has 2 aromatic carbocycles. The number of rotatable bonds is 12. The lowest BCUT2D eigenvalue weighted by Crippen LogP contribution is -2.46. The maximum atomic E-state index is 12.6. The van der Waals surface area contributed by atoms with E-state index in [1.54, 1.807) is 30.3 Å². The van der Waals surface area contributed by atoms with E-state index in [0.717, 1.165) is 0 Å². The van der Waals surface area contributed by atoms with Crippen molar-refractivity contribution in [2.75, 3.05) is 13.2 Å². The summed E-state index contributed by atoms with van der Waals surface area (Å²) in [6.07, 6.45) is -3.08. The average molecular weight is 479 g/mol. The van der Waals surface area contributed by atoms with E-state index in [1.807, 2.05) is 0 Å². The predicted octanol–water partition coefficient (Wildman–Crippen LogP) is 0.382. The Morgan fingerprint density at radius 2 is 1.55 bits per heavy atom. The van der Waals surface area contributed by atoms with Crippen LogP contribution in [-0.4, -0.2) is 60.9 Å². The molecular formula is C23H30N2O7S. The molecule has 2 rings (SSSR count). The molecule has 1 amide bonds. The van der Waals surface area contributed by atoms with Crippen LogP contribution in [-0.2, 0) is 26.0 Å². The first-order valence-corrected chi connectivity index (χ1v) is 11.9. The number of amides is 1. The molecule has 0 heterocycles. The quantitative estimate of drug-likeness (QED) is 0.275. The summed E-state index contributed by atoms with van der Waals surface area (Å²) in [7, 11) is -3.63. The summed E-state index contributed by atoms with van der Waals surface area (Å²) >= 11 is 0. The molecule has 180 valence electrons. The molecule has 5 N–H and O–H groups in total. The van der Waals surface area contributed by atoms with Gasteiger partial charge in [-0.15, -0.1) is 0 Å². The largest absolute Gasteiger partial charge is 0.396 e. The van der Waals surface area contributed by atoms with Crippen molar-refractivity contribution in [3.05, 3.63) is 60.2 Å². The van der Waals surface area contributed by atoms with Gasteiger partial charge in [0.15, 0.2) is 12.0 Å². The van der Waals surface area contributed by atoms with Crippen LogP contribution >= 0.6 is 0 Å². The lowest BCUT2D eigenvalue weighted by atomic mass is 9.87. The smallest absolute Gasteiger partial charge is 0.249 e. The minimum Gasteiger partial charge on any atom is -0.396 e. The zero-order valence-corrected chi connectivity index (χ0v) is 19.4. The molecule has 1 unspecified atom stereocenters. The third-order valence-electron chi connectivity index (χ3n) is 5.16. The summed E-state index contributed by atoms with van der Waals surface area (Å²) in [5, 5.41) is 34.1. The Balaban J connectivity index is 1.82. The van der Waals surface area contributed by atoms with Gasteiger partial charge in [-0.2, -0.15) is 0 Å². The van der Waals surface area contributed by atoms with Gasteiger partial charge >= 0.3 is 0 Å². The van der Waals surface area contributed by atoms with Gasteiger partial charge in [0.05, 0.1) is 16.4 Å². The monoisotopic (exact) mass is 478 g/mol. The van der Waals surface area contributed by atoms with Crippen LogP contribution in [0, 0.1) is 5.41 Å². The zero-order chi connectivity index (χ0) is 24.6. The highest BCUT2D eigenvalue weighted by Gasteiger charge is 2.32. The highest BCUT2D eigenvalue weighted by atomic mass is 32.2. The van der Waals surface area contributed by atoms with E-state index in [-0.39, 0.29) is 35.9 Å². The third-order valence-corrected chi connectivity index (χ3v) is 6.94. The first kappa shape index (κ1) is 26.6. The average Bonchev–Trinajstić information content (AvgIpc) is 2.82. The SMILES string of the molecule is CC(C)(CO)[C@@H](O)C(=O)NCCC(=O)C(O)NCc1ccc(S(=O)(=O)c2ccccc2)cc1. The summed E-state index contributed by atoms with van der Waals surface area (Å²) < 4.78 is 25.2. The van der Waals surface area contributed by atoms with E-state index in [1.165, 1.54) is 38.1 Å². The second-order valence-electron chi connectivity index (χ2n) is 8.30. The molecular weight excluding hydrogens is 448 g/mol. The number of aliphatic hydroxyl groups is 3. The molecule has 0 saturated carbocycles. The summed E-state index contributed by atoms with van der Waals surface area (Å²) in [4.78, 5) is 24.3. The van der Waals surface area contributed by atoms with Crippen LogP contribution < -0.4 is 10.6 Å². The van der Waals surface area contributed by atoms with Crippen molar-refractivity contribution in [2.24, 2.45) is 5.41 Å². The minimum atomic E-state index is -3.63. The molecule has 0 saturated heterocycles. The van der Waals surface area contributed by atoms with Crippen molar-refractivity contribution in [1.82, 2.24) is 10.6 Å². The Kier molecular flexibility index (Phi) is 9.26. The molecule has 10 heteroatoms. The van der Waals surface area contributed by atoms with Gasteiger partial charge in [0.2, 0.25) is 15.7 Å². The van der Waals surface area contributed by atoms with E-state index >= 15 is 0 Å². The molecule has 33 heavy (non-hydrogen) atoms. The van der Waals surface area contributed by atoms with Crippen LogP contribution in [0.3, 0.4) is 0 Å². The Morgan fingerprint density at radius 3 is 2.12 bits per heavy atom. The lowest BCUT2D eigenvalue weighted by molar-refractivity contribution is -0.137. The van der Waals surface area contributed by atoms with Crippen LogP contribution in [0.1, 0.15) is 25.8 Å². The maximum absolute atomic E-state index is 12.6. The Hall–Kier alpha value is -2.63. The molecule has 2 atom stereocenters. The molecule has 0 fully saturated rings. The van der Waals surface area contributed by atoms with E-state index in [9.17, 15) is 33.3 Å². The molecule has 0 aliphatic rings. The molecule has 0 aromatic heterocycles. The highest BCUT2D eigenvalue weighted by Crippen LogP contribution is 2.21. The number of sulfone groups is 1. The molecule has 0 spiro atoms. The molecule has 9 nitrogen and oxygen atoms in total. The van der Waals surface area contributed by atoms with Crippen molar-refractivity contribution in [3.8, 4) is 0 Å². The summed E-state index contributed by atoms with van der Waals surface area (Å²) in [6.45, 7) is 2.71. The number of ketones is 1. The normalized spacial score (nSPS) is 13.8. The fraction of sp³-hybridized carbons (Fsp3) is 0.391. The molecule has 0 aliphatic heterocycles. The number of hydrogen-bond acceptors (Lipinski definition) is 8. The fourth-order valence-electron chi connectivity index (χ4n) is 2.83. The van der Waals surface area contributed by atoms with Crippen LogP contribution in [0.4, 0.5) is 0 Å². The van der Waals surface area contributed by atoms with Gasteiger partial charge in [0.1, 0.15) is 6.10 Å². The van der Waals surface area contributed by atoms with Gasteiger partial charge < -0.3 is 20.6 Å². The highest BCUT2D eigenvalue weighted by molar-refractivity contribution is 7.91. The molecule has 0 radical (unpaired) electrons. The van der Waals surface area contributed by atoms with Crippen LogP contribution in [0.15, 0.2) is 64.4 Å². The van der Waals surface area contributed by atoms with Crippen molar-refractivity contribution < 1.29 is 33.3 Å². The first-order chi connectivity index (χ1) is 15.5. The lowest BCUT2D eigenvalue weighted by Gasteiger charge is -2.27. The topological polar surface area (TPSA) is 153 Å². The van der Waals surface area contributed by atoms with Gasteiger partial charge in [0, 0.05) is 24.9 Å². The zero-order valence-electron chi connectivity index (χ0n) is 18.6. The number of carbonyl (C=O) groups is 2. The first-order valence-electron chi connectivity index (χ1n) is 10.4. The van der Waals surface area contributed by atoms with E-state index in [2.05, 4.69) is 10.6 Å². The Labute approximate surface area is 193 Å². The van der Waals surface area contributed by atoms with Gasteiger partial charge in [-0.3, -0.25) is 14.9 Å². The third kappa shape index (κ3) is 7.18. The number of Topliss-reactive ketones (excluding diaryl/α,β-unsaturated/α-hetero) is 1. The standard InChI is InChI=1S/C23H30N2O7S/c1-23(2,15-26)20(28)22(30)24-13-12-19(27)21(29)25-14-16-8-10-18(11-9-16)33(31,32)17-6-4-3-5-7-17/h3-11,20-21,25-26,28-29H,12-15H2,1-2H3,(H,24,30)/t20-,21?/m0/s1. The van der Waals surface area contributed by atoms with Crippen LogP contribution in [0.25, 0.3) is 0 Å². The van der Waals surface area contributed by atoms with Gasteiger partial charge in [-0.05, 0) is 29.8 Å².